The summed E-state index contributed by atoms with van der Waals surface area (Å²) in [6, 6.07) is 13.5. The highest BCUT2D eigenvalue weighted by Gasteiger charge is 2.24. The summed E-state index contributed by atoms with van der Waals surface area (Å²) in [5.41, 5.74) is 3.20. The number of ether oxygens (including phenoxy) is 2. The molecule has 0 saturated heterocycles. The molecule has 2 aliphatic heterocycles. The molecule has 1 atom stereocenters. The van der Waals surface area contributed by atoms with E-state index in [4.69, 9.17) is 9.47 Å². The van der Waals surface area contributed by atoms with Crippen molar-refractivity contribution in [2.24, 2.45) is 0 Å². The molecule has 0 spiro atoms. The number of hydrogen-bond acceptors (Lipinski definition) is 4. The van der Waals surface area contributed by atoms with Crippen molar-refractivity contribution < 1.29 is 14.3 Å². The van der Waals surface area contributed by atoms with E-state index in [1.807, 2.05) is 42.5 Å². The fraction of sp³-hybridized carbons (Fsp3) is 0.316. The summed E-state index contributed by atoms with van der Waals surface area (Å²) in [5.74, 6) is 1.50. The second-order valence-electron chi connectivity index (χ2n) is 6.27. The first-order chi connectivity index (χ1) is 11.7. The van der Waals surface area contributed by atoms with Crippen molar-refractivity contribution in [3.05, 3.63) is 59.2 Å². The Hall–Kier alpha value is -2.53. The van der Waals surface area contributed by atoms with Gasteiger partial charge >= 0.3 is 0 Å². The van der Waals surface area contributed by atoms with E-state index >= 15 is 0 Å². The number of carbonyl (C=O) groups excluding carboxylic acids is 1. The van der Waals surface area contributed by atoms with Crippen molar-refractivity contribution in [3.63, 3.8) is 0 Å². The van der Waals surface area contributed by atoms with Gasteiger partial charge in [0.25, 0.3) is 5.91 Å². The summed E-state index contributed by atoms with van der Waals surface area (Å²) in [5, 5.41) is 3.30. The Balaban J connectivity index is 1.43. The number of nitrogens with zero attached hydrogens (tertiary/aromatic N) is 1. The molecule has 2 heterocycles. The second-order valence-corrected chi connectivity index (χ2v) is 6.27. The summed E-state index contributed by atoms with van der Waals surface area (Å²) >= 11 is 0. The van der Waals surface area contributed by atoms with Gasteiger partial charge in [0.05, 0.1) is 6.54 Å². The lowest BCUT2D eigenvalue weighted by molar-refractivity contribution is 0.0521. The number of carbonyl (C=O) groups is 1. The smallest absolute Gasteiger partial charge is 0.253 e. The monoisotopic (exact) mass is 324 g/mol. The lowest BCUT2D eigenvalue weighted by atomic mass is 10.1. The zero-order valence-electron chi connectivity index (χ0n) is 13.6. The van der Waals surface area contributed by atoms with E-state index < -0.39 is 0 Å². The van der Waals surface area contributed by atoms with Crippen LogP contribution in [0.4, 0.5) is 0 Å². The molecule has 5 nitrogen and oxygen atoms in total. The average molecular weight is 324 g/mol. The van der Waals surface area contributed by atoms with Crippen molar-refractivity contribution in [2.45, 2.75) is 19.2 Å². The van der Waals surface area contributed by atoms with E-state index in [1.165, 1.54) is 11.1 Å². The number of fused-ring (bicyclic) bond motifs is 2. The fourth-order valence-corrected chi connectivity index (χ4v) is 3.19. The van der Waals surface area contributed by atoms with Gasteiger partial charge in [-0.1, -0.05) is 18.2 Å². The number of nitrogens with one attached hydrogen (secondary N) is 1. The first kappa shape index (κ1) is 15.0. The SMILES string of the molecule is CN(CC1COc2ccccc2O1)C(=O)c1ccc2c(c1)CNC2. The average Bonchev–Trinajstić information content (AvgIpc) is 3.08. The molecule has 0 saturated carbocycles. The minimum absolute atomic E-state index is 0.00663. The van der Waals surface area contributed by atoms with Crippen LogP contribution in [0.15, 0.2) is 42.5 Å². The van der Waals surface area contributed by atoms with Gasteiger partial charge in [-0.25, -0.2) is 0 Å². The van der Waals surface area contributed by atoms with Crippen LogP contribution in [-0.2, 0) is 13.1 Å². The minimum atomic E-state index is -0.162. The second kappa shape index (κ2) is 6.17. The zero-order chi connectivity index (χ0) is 16.5. The van der Waals surface area contributed by atoms with Gasteiger partial charge in [-0.05, 0) is 35.4 Å². The summed E-state index contributed by atoms with van der Waals surface area (Å²) in [6.07, 6.45) is -0.162. The van der Waals surface area contributed by atoms with E-state index in [0.717, 1.165) is 30.2 Å². The Morgan fingerprint density at radius 2 is 1.96 bits per heavy atom. The van der Waals surface area contributed by atoms with Crippen LogP contribution >= 0.6 is 0 Å². The Morgan fingerprint density at radius 3 is 2.83 bits per heavy atom. The van der Waals surface area contributed by atoms with Crippen LogP contribution in [0.1, 0.15) is 21.5 Å². The molecule has 1 N–H and O–H groups in total. The molecule has 0 aromatic heterocycles. The molecule has 124 valence electrons. The third kappa shape index (κ3) is 2.83. The Morgan fingerprint density at radius 1 is 1.17 bits per heavy atom. The molecular formula is C19H20N2O3. The minimum Gasteiger partial charge on any atom is -0.486 e. The van der Waals surface area contributed by atoms with Gasteiger partial charge in [-0.2, -0.15) is 0 Å². The van der Waals surface area contributed by atoms with Crippen molar-refractivity contribution in [3.8, 4) is 11.5 Å². The van der Waals surface area contributed by atoms with E-state index in [9.17, 15) is 4.79 Å². The summed E-state index contributed by atoms with van der Waals surface area (Å²) in [6.45, 7) is 2.65. The molecule has 1 unspecified atom stereocenters. The predicted molar refractivity (Wildman–Crippen MR) is 90.3 cm³/mol. The highest BCUT2D eigenvalue weighted by molar-refractivity contribution is 5.94. The van der Waals surface area contributed by atoms with Gasteiger partial charge in [-0.15, -0.1) is 0 Å². The molecular weight excluding hydrogens is 304 g/mol. The van der Waals surface area contributed by atoms with Gasteiger partial charge in [0.15, 0.2) is 17.6 Å². The normalized spacial score (nSPS) is 18.1. The number of benzene rings is 2. The first-order valence-corrected chi connectivity index (χ1v) is 8.17. The lowest BCUT2D eigenvalue weighted by Crippen LogP contribution is -2.41. The summed E-state index contributed by atoms with van der Waals surface area (Å²) in [7, 11) is 1.80. The fourth-order valence-electron chi connectivity index (χ4n) is 3.19. The molecule has 24 heavy (non-hydrogen) atoms. The molecule has 5 heteroatoms. The van der Waals surface area contributed by atoms with Crippen LogP contribution in [-0.4, -0.2) is 37.1 Å². The first-order valence-electron chi connectivity index (χ1n) is 8.17. The molecule has 0 fully saturated rings. The van der Waals surface area contributed by atoms with Crippen molar-refractivity contribution in [1.29, 1.82) is 0 Å². The van der Waals surface area contributed by atoms with Gasteiger partial charge in [0.2, 0.25) is 0 Å². The number of likely N-dealkylation sites (N-methyl/N-ethyl adjacent to an activating group) is 1. The molecule has 2 aromatic rings. The molecule has 0 radical (unpaired) electrons. The van der Waals surface area contributed by atoms with Crippen LogP contribution in [0.3, 0.4) is 0 Å². The number of amides is 1. The van der Waals surface area contributed by atoms with Crippen molar-refractivity contribution in [1.82, 2.24) is 10.2 Å². The van der Waals surface area contributed by atoms with E-state index in [2.05, 4.69) is 5.32 Å². The van der Waals surface area contributed by atoms with Gasteiger partial charge < -0.3 is 19.7 Å². The molecule has 2 aromatic carbocycles. The number of para-hydroxylation sites is 2. The van der Waals surface area contributed by atoms with Gasteiger partial charge in [0.1, 0.15) is 6.61 Å². The van der Waals surface area contributed by atoms with E-state index in [0.29, 0.717) is 13.2 Å². The largest absolute Gasteiger partial charge is 0.486 e. The molecule has 0 bridgehead atoms. The summed E-state index contributed by atoms with van der Waals surface area (Å²) < 4.78 is 11.6. The Labute approximate surface area is 141 Å². The third-order valence-electron chi connectivity index (χ3n) is 4.48. The molecule has 4 rings (SSSR count). The van der Waals surface area contributed by atoms with Crippen LogP contribution in [0.25, 0.3) is 0 Å². The number of rotatable bonds is 3. The van der Waals surface area contributed by atoms with E-state index in [-0.39, 0.29) is 12.0 Å². The maximum absolute atomic E-state index is 12.7. The third-order valence-corrected chi connectivity index (χ3v) is 4.48. The van der Waals surface area contributed by atoms with Gasteiger partial charge in [0, 0.05) is 25.7 Å². The van der Waals surface area contributed by atoms with Gasteiger partial charge in [-0.3, -0.25) is 4.79 Å². The standard InChI is InChI=1S/C19H20N2O3/c1-21(11-16-12-23-17-4-2-3-5-18(17)24-16)19(22)13-6-7-14-9-20-10-15(14)8-13/h2-8,16,20H,9-12H2,1H3. The summed E-state index contributed by atoms with van der Waals surface area (Å²) in [4.78, 5) is 14.4. The molecule has 2 aliphatic rings. The zero-order valence-corrected chi connectivity index (χ0v) is 13.6. The molecule has 1 amide bonds. The van der Waals surface area contributed by atoms with Crippen molar-refractivity contribution >= 4 is 5.91 Å². The topological polar surface area (TPSA) is 50.8 Å². The van der Waals surface area contributed by atoms with Crippen LogP contribution in [0.2, 0.25) is 0 Å². The highest BCUT2D eigenvalue weighted by Crippen LogP contribution is 2.31. The quantitative estimate of drug-likeness (QED) is 0.940. The van der Waals surface area contributed by atoms with Crippen LogP contribution < -0.4 is 14.8 Å². The lowest BCUT2D eigenvalue weighted by Gasteiger charge is -2.29. The Bertz CT molecular complexity index is 775. The maximum Gasteiger partial charge on any atom is 0.253 e. The Kier molecular flexibility index (Phi) is 3.86. The predicted octanol–water partition coefficient (Wildman–Crippen LogP) is 2.20. The van der Waals surface area contributed by atoms with Crippen LogP contribution in [0.5, 0.6) is 11.5 Å². The van der Waals surface area contributed by atoms with Crippen molar-refractivity contribution in [2.75, 3.05) is 20.2 Å². The van der Waals surface area contributed by atoms with E-state index in [1.54, 1.807) is 11.9 Å². The molecule has 0 aliphatic carbocycles. The highest BCUT2D eigenvalue weighted by atomic mass is 16.6. The number of hydrogen-bond donors (Lipinski definition) is 1. The van der Waals surface area contributed by atoms with Crippen LogP contribution in [0, 0.1) is 0 Å². The maximum atomic E-state index is 12.7.